The minimum Gasteiger partial charge on any atom is -0.258 e. The summed E-state index contributed by atoms with van der Waals surface area (Å²) in [5.41, 5.74) is -0.117. The molecule has 0 N–H and O–H groups in total. The van der Waals surface area contributed by atoms with Gasteiger partial charge in [-0.1, -0.05) is 0 Å². The summed E-state index contributed by atoms with van der Waals surface area (Å²) in [6.45, 7) is 0. The molecule has 1 rings (SSSR count). The van der Waals surface area contributed by atoms with E-state index < -0.39 is 4.92 Å². The lowest BCUT2D eigenvalue weighted by Crippen LogP contribution is -1.88. The summed E-state index contributed by atoms with van der Waals surface area (Å²) in [5.74, 6) is 0. The van der Waals surface area contributed by atoms with E-state index in [1.54, 1.807) is 0 Å². The predicted octanol–water partition coefficient (Wildman–Crippen LogP) is 0.185. The molecule has 0 aliphatic carbocycles. The van der Waals surface area contributed by atoms with Crippen LogP contribution in [0, 0.1) is 16.4 Å². The van der Waals surface area contributed by atoms with Crippen LogP contribution in [0.5, 0.6) is 0 Å². The SMILES string of the molecule is O=[N+]([O-])c1cn[c]nc1. The molecule has 0 aliphatic rings. The van der Waals surface area contributed by atoms with Gasteiger partial charge < -0.3 is 0 Å². The molecule has 0 spiro atoms. The van der Waals surface area contributed by atoms with Crippen molar-refractivity contribution >= 4 is 5.69 Å². The van der Waals surface area contributed by atoms with Crippen molar-refractivity contribution in [3.8, 4) is 0 Å². The lowest BCUT2D eigenvalue weighted by atomic mass is 10.6. The van der Waals surface area contributed by atoms with E-state index in [4.69, 9.17) is 0 Å². The molecule has 5 nitrogen and oxygen atoms in total. The molecular formula is C4H2N3O2. The first-order valence-corrected chi connectivity index (χ1v) is 2.13. The summed E-state index contributed by atoms with van der Waals surface area (Å²) in [7, 11) is 0. The number of aromatic nitrogens is 2. The Hall–Kier alpha value is -1.52. The summed E-state index contributed by atoms with van der Waals surface area (Å²) in [6, 6.07) is 0. The molecule has 45 valence electrons. The molecule has 1 aromatic rings. The summed E-state index contributed by atoms with van der Waals surface area (Å²) in [6.07, 6.45) is 4.36. The highest BCUT2D eigenvalue weighted by Crippen LogP contribution is 2.01. The van der Waals surface area contributed by atoms with E-state index in [0.717, 1.165) is 12.4 Å². The highest BCUT2D eigenvalue weighted by Gasteiger charge is 2.01. The van der Waals surface area contributed by atoms with Gasteiger partial charge >= 0.3 is 5.69 Å². The second-order valence-corrected chi connectivity index (χ2v) is 1.30. The van der Waals surface area contributed by atoms with E-state index in [2.05, 4.69) is 16.3 Å². The van der Waals surface area contributed by atoms with Crippen molar-refractivity contribution in [1.82, 2.24) is 9.97 Å². The van der Waals surface area contributed by atoms with Crippen LogP contribution in [0.1, 0.15) is 0 Å². The maximum atomic E-state index is 9.91. The molecular weight excluding hydrogens is 122 g/mol. The van der Waals surface area contributed by atoms with E-state index in [0.29, 0.717) is 0 Å². The first kappa shape index (κ1) is 5.61. The van der Waals surface area contributed by atoms with Crippen molar-refractivity contribution in [3.05, 3.63) is 28.8 Å². The zero-order valence-corrected chi connectivity index (χ0v) is 4.31. The fourth-order valence-corrected chi connectivity index (χ4v) is 0.351. The van der Waals surface area contributed by atoms with Gasteiger partial charge in [-0.05, 0) is 0 Å². The van der Waals surface area contributed by atoms with Crippen LogP contribution in [0.3, 0.4) is 0 Å². The first-order chi connectivity index (χ1) is 4.30. The standard InChI is InChI=1S/C4H2N3O2/c8-7(9)4-1-5-3-6-2-4/h1-2H. The average molecular weight is 124 g/mol. The Kier molecular flexibility index (Phi) is 1.35. The van der Waals surface area contributed by atoms with Gasteiger partial charge in [-0.15, -0.1) is 0 Å². The van der Waals surface area contributed by atoms with Crippen LogP contribution in [0.4, 0.5) is 5.69 Å². The van der Waals surface area contributed by atoms with Gasteiger partial charge in [0, 0.05) is 0 Å². The van der Waals surface area contributed by atoms with Crippen molar-refractivity contribution < 1.29 is 4.92 Å². The first-order valence-electron chi connectivity index (χ1n) is 2.13. The maximum Gasteiger partial charge on any atom is 0.305 e. The van der Waals surface area contributed by atoms with Gasteiger partial charge in [0.15, 0.2) is 6.33 Å². The molecule has 0 fully saturated rings. The van der Waals surface area contributed by atoms with E-state index in [9.17, 15) is 10.1 Å². The average Bonchev–Trinajstić information content (AvgIpc) is 1.90. The van der Waals surface area contributed by atoms with Gasteiger partial charge in [-0.25, -0.2) is 9.97 Å². The Morgan fingerprint density at radius 1 is 1.56 bits per heavy atom. The molecule has 5 heteroatoms. The minimum absolute atomic E-state index is 0.117. The molecule has 1 aromatic heterocycles. The maximum absolute atomic E-state index is 9.91. The molecule has 0 atom stereocenters. The smallest absolute Gasteiger partial charge is 0.258 e. The highest BCUT2D eigenvalue weighted by atomic mass is 16.6. The topological polar surface area (TPSA) is 68.9 Å². The number of rotatable bonds is 1. The van der Waals surface area contributed by atoms with E-state index in [1.165, 1.54) is 0 Å². The fraction of sp³-hybridized carbons (Fsp3) is 0. The number of hydrogen-bond acceptors (Lipinski definition) is 4. The van der Waals surface area contributed by atoms with Crippen LogP contribution in [-0.4, -0.2) is 14.9 Å². The van der Waals surface area contributed by atoms with Crippen LogP contribution in [0.2, 0.25) is 0 Å². The van der Waals surface area contributed by atoms with Crippen molar-refractivity contribution in [2.45, 2.75) is 0 Å². The minimum atomic E-state index is -0.562. The lowest BCUT2D eigenvalue weighted by Gasteiger charge is -1.83. The van der Waals surface area contributed by atoms with Crippen LogP contribution >= 0.6 is 0 Å². The quantitative estimate of drug-likeness (QED) is 0.395. The van der Waals surface area contributed by atoms with Crippen molar-refractivity contribution in [1.29, 1.82) is 0 Å². The van der Waals surface area contributed by atoms with Crippen molar-refractivity contribution in [2.75, 3.05) is 0 Å². The van der Waals surface area contributed by atoms with Crippen LogP contribution in [0.15, 0.2) is 12.4 Å². The van der Waals surface area contributed by atoms with E-state index in [-0.39, 0.29) is 5.69 Å². The highest BCUT2D eigenvalue weighted by molar-refractivity contribution is 5.18. The fourth-order valence-electron chi connectivity index (χ4n) is 0.351. The molecule has 0 aromatic carbocycles. The third-order valence-electron chi connectivity index (χ3n) is 0.720. The number of hydrogen-bond donors (Lipinski definition) is 0. The largest absolute Gasteiger partial charge is 0.305 e. The van der Waals surface area contributed by atoms with Crippen LogP contribution in [-0.2, 0) is 0 Å². The molecule has 0 aliphatic heterocycles. The summed E-state index contributed by atoms with van der Waals surface area (Å²) in [4.78, 5) is 16.0. The van der Waals surface area contributed by atoms with Gasteiger partial charge in [-0.3, -0.25) is 10.1 Å². The Bertz CT molecular complexity index is 210. The summed E-state index contributed by atoms with van der Waals surface area (Å²) in [5, 5.41) is 9.91. The second kappa shape index (κ2) is 2.17. The zero-order valence-electron chi connectivity index (χ0n) is 4.31. The zero-order chi connectivity index (χ0) is 6.69. The Labute approximate surface area is 50.5 Å². The molecule has 0 amide bonds. The molecule has 1 heterocycles. The lowest BCUT2D eigenvalue weighted by molar-refractivity contribution is -0.385. The van der Waals surface area contributed by atoms with Crippen molar-refractivity contribution in [3.63, 3.8) is 0 Å². The normalized spacial score (nSPS) is 8.89. The van der Waals surface area contributed by atoms with E-state index in [1.807, 2.05) is 0 Å². The number of nitrogens with zero attached hydrogens (tertiary/aromatic N) is 3. The molecule has 9 heavy (non-hydrogen) atoms. The third kappa shape index (κ3) is 1.18. The van der Waals surface area contributed by atoms with Crippen molar-refractivity contribution in [2.24, 2.45) is 0 Å². The van der Waals surface area contributed by atoms with Gasteiger partial charge in [0.05, 0.1) is 4.92 Å². The molecule has 0 saturated heterocycles. The molecule has 0 saturated carbocycles. The van der Waals surface area contributed by atoms with Gasteiger partial charge in [0.25, 0.3) is 0 Å². The van der Waals surface area contributed by atoms with Gasteiger partial charge in [-0.2, -0.15) is 0 Å². The monoisotopic (exact) mass is 124 g/mol. The molecule has 0 unspecified atom stereocenters. The van der Waals surface area contributed by atoms with Crippen LogP contribution in [0.25, 0.3) is 0 Å². The van der Waals surface area contributed by atoms with E-state index >= 15 is 0 Å². The molecule has 1 radical (unpaired) electrons. The Morgan fingerprint density at radius 2 is 2.11 bits per heavy atom. The summed E-state index contributed by atoms with van der Waals surface area (Å²) >= 11 is 0. The molecule has 0 bridgehead atoms. The van der Waals surface area contributed by atoms with Crippen LogP contribution < -0.4 is 0 Å². The second-order valence-electron chi connectivity index (χ2n) is 1.30. The van der Waals surface area contributed by atoms with Gasteiger partial charge in [0.1, 0.15) is 12.4 Å². The Balaban J connectivity index is 2.98. The predicted molar refractivity (Wildman–Crippen MR) is 27.5 cm³/mol. The summed E-state index contributed by atoms with van der Waals surface area (Å²) < 4.78 is 0. The Morgan fingerprint density at radius 3 is 2.44 bits per heavy atom. The van der Waals surface area contributed by atoms with Gasteiger partial charge in [0.2, 0.25) is 0 Å². The number of nitro groups is 1. The third-order valence-corrected chi connectivity index (χ3v) is 0.720.